The zero-order chi connectivity index (χ0) is 20.5. The number of fused-ring (bicyclic) bond motifs is 2. The van der Waals surface area contributed by atoms with E-state index in [9.17, 15) is 4.79 Å². The molecule has 29 heavy (non-hydrogen) atoms. The van der Waals surface area contributed by atoms with Crippen molar-refractivity contribution in [2.24, 2.45) is 10.9 Å². The van der Waals surface area contributed by atoms with E-state index in [0.29, 0.717) is 12.3 Å². The fraction of sp³-hybridized carbons (Fsp3) is 0.417. The fourth-order valence-corrected chi connectivity index (χ4v) is 4.06. The van der Waals surface area contributed by atoms with Gasteiger partial charge in [0.25, 0.3) is 0 Å². The SMILES string of the molecule is Cc1ccc2c(c1)C(N1CCN(C(=O)CC(C)C)[C@H](C)C1)=Nc1ccccc1O2. The van der Waals surface area contributed by atoms with Crippen molar-refractivity contribution in [3.05, 3.63) is 53.6 Å². The van der Waals surface area contributed by atoms with E-state index in [2.05, 4.69) is 44.7 Å². The summed E-state index contributed by atoms with van der Waals surface area (Å²) in [6, 6.07) is 14.3. The number of hydrogen-bond donors (Lipinski definition) is 0. The Morgan fingerprint density at radius 2 is 1.97 bits per heavy atom. The number of piperazine rings is 1. The first kappa shape index (κ1) is 19.5. The average Bonchev–Trinajstić information content (AvgIpc) is 2.83. The highest BCUT2D eigenvalue weighted by Crippen LogP contribution is 2.38. The number of aliphatic imine (C=N–C) groups is 1. The molecule has 2 aromatic rings. The second-order valence-corrected chi connectivity index (χ2v) is 8.48. The highest BCUT2D eigenvalue weighted by atomic mass is 16.5. The van der Waals surface area contributed by atoms with Crippen molar-refractivity contribution >= 4 is 17.4 Å². The lowest BCUT2D eigenvalue weighted by molar-refractivity contribution is -0.135. The Labute approximate surface area is 173 Å². The van der Waals surface area contributed by atoms with Crippen LogP contribution in [0.5, 0.6) is 11.5 Å². The smallest absolute Gasteiger partial charge is 0.223 e. The first-order chi connectivity index (χ1) is 13.9. The van der Waals surface area contributed by atoms with Gasteiger partial charge in [-0.1, -0.05) is 37.6 Å². The summed E-state index contributed by atoms with van der Waals surface area (Å²) in [6.07, 6.45) is 0.606. The molecule has 0 saturated carbocycles. The summed E-state index contributed by atoms with van der Waals surface area (Å²) in [5, 5.41) is 0. The third kappa shape index (κ3) is 4.00. The molecule has 1 amide bonds. The normalized spacial score (nSPS) is 18.5. The van der Waals surface area contributed by atoms with Gasteiger partial charge in [-0.2, -0.15) is 0 Å². The minimum absolute atomic E-state index is 0.144. The molecule has 0 aliphatic carbocycles. The average molecular weight is 392 g/mol. The molecular formula is C24H29N3O2. The number of para-hydroxylation sites is 2. The number of carbonyl (C=O) groups is 1. The van der Waals surface area contributed by atoms with Crippen molar-refractivity contribution < 1.29 is 9.53 Å². The van der Waals surface area contributed by atoms with Gasteiger partial charge in [-0.05, 0) is 44.0 Å². The number of ether oxygens (including phenoxy) is 1. The molecule has 1 atom stereocenters. The Hall–Kier alpha value is -2.82. The van der Waals surface area contributed by atoms with Gasteiger partial charge in [0.2, 0.25) is 5.91 Å². The van der Waals surface area contributed by atoms with Gasteiger partial charge in [-0.25, -0.2) is 4.99 Å². The number of amides is 1. The minimum Gasteiger partial charge on any atom is -0.454 e. The molecule has 0 N–H and O–H groups in total. The van der Waals surface area contributed by atoms with E-state index in [4.69, 9.17) is 9.73 Å². The van der Waals surface area contributed by atoms with Gasteiger partial charge in [0.05, 0.1) is 5.56 Å². The first-order valence-electron chi connectivity index (χ1n) is 10.4. The van der Waals surface area contributed by atoms with Crippen LogP contribution in [0.15, 0.2) is 47.5 Å². The van der Waals surface area contributed by atoms with Gasteiger partial charge >= 0.3 is 0 Å². The van der Waals surface area contributed by atoms with Gasteiger partial charge in [-0.3, -0.25) is 4.79 Å². The highest BCUT2D eigenvalue weighted by molar-refractivity contribution is 6.04. The standard InChI is InChI=1S/C24H29N3O2/c1-16(2)13-23(28)27-12-11-26(15-18(27)4)24-19-14-17(3)9-10-21(19)29-22-8-6-5-7-20(22)25-24/h5-10,14,16,18H,11-13,15H2,1-4H3/t18-/m1/s1. The number of rotatable bonds is 2. The lowest BCUT2D eigenvalue weighted by atomic mass is 10.1. The van der Waals surface area contributed by atoms with Crippen LogP contribution in [0.25, 0.3) is 0 Å². The van der Waals surface area contributed by atoms with E-state index in [1.54, 1.807) is 0 Å². The number of nitrogens with zero attached hydrogens (tertiary/aromatic N) is 3. The van der Waals surface area contributed by atoms with Crippen LogP contribution < -0.4 is 4.74 Å². The van der Waals surface area contributed by atoms with Crippen LogP contribution in [-0.2, 0) is 4.79 Å². The van der Waals surface area contributed by atoms with Crippen molar-refractivity contribution in [1.82, 2.24) is 9.80 Å². The second kappa shape index (κ2) is 7.90. The molecule has 4 rings (SSSR count). The topological polar surface area (TPSA) is 45.1 Å². The number of amidine groups is 1. The Balaban J connectivity index is 1.66. The van der Waals surface area contributed by atoms with Crippen molar-refractivity contribution in [3.8, 4) is 11.5 Å². The molecule has 2 aliphatic rings. The van der Waals surface area contributed by atoms with Crippen molar-refractivity contribution in [2.75, 3.05) is 19.6 Å². The minimum atomic E-state index is 0.144. The number of benzene rings is 2. The van der Waals surface area contributed by atoms with Crippen LogP contribution in [0.1, 0.15) is 38.3 Å². The largest absolute Gasteiger partial charge is 0.454 e. The zero-order valence-corrected chi connectivity index (χ0v) is 17.7. The van der Waals surface area contributed by atoms with E-state index in [1.807, 2.05) is 35.2 Å². The Morgan fingerprint density at radius 1 is 1.17 bits per heavy atom. The van der Waals surface area contributed by atoms with Crippen molar-refractivity contribution in [2.45, 2.75) is 40.2 Å². The molecular weight excluding hydrogens is 362 g/mol. The third-order valence-corrected chi connectivity index (χ3v) is 5.52. The summed E-state index contributed by atoms with van der Waals surface area (Å²) in [6.45, 7) is 10.6. The molecule has 152 valence electrons. The van der Waals surface area contributed by atoms with Crippen LogP contribution in [0.3, 0.4) is 0 Å². The molecule has 2 heterocycles. The van der Waals surface area contributed by atoms with E-state index in [-0.39, 0.29) is 11.9 Å². The lowest BCUT2D eigenvalue weighted by Crippen LogP contribution is -2.55. The van der Waals surface area contributed by atoms with Crippen LogP contribution >= 0.6 is 0 Å². The molecule has 5 nitrogen and oxygen atoms in total. The van der Waals surface area contributed by atoms with Gasteiger partial charge < -0.3 is 14.5 Å². The molecule has 0 radical (unpaired) electrons. The van der Waals surface area contributed by atoms with Gasteiger partial charge in [0.15, 0.2) is 5.75 Å². The molecule has 2 aliphatic heterocycles. The van der Waals surface area contributed by atoms with Crippen molar-refractivity contribution in [1.29, 1.82) is 0 Å². The molecule has 0 aromatic heterocycles. The summed E-state index contributed by atoms with van der Waals surface area (Å²) >= 11 is 0. The Kier molecular flexibility index (Phi) is 5.31. The number of hydrogen-bond acceptors (Lipinski definition) is 4. The molecule has 1 saturated heterocycles. The number of carbonyl (C=O) groups excluding carboxylic acids is 1. The summed E-state index contributed by atoms with van der Waals surface area (Å²) in [7, 11) is 0. The highest BCUT2D eigenvalue weighted by Gasteiger charge is 2.31. The predicted molar refractivity (Wildman–Crippen MR) is 116 cm³/mol. The zero-order valence-electron chi connectivity index (χ0n) is 17.7. The van der Waals surface area contributed by atoms with Gasteiger partial charge in [0, 0.05) is 32.1 Å². The summed E-state index contributed by atoms with van der Waals surface area (Å²) in [5.41, 5.74) is 3.02. The maximum Gasteiger partial charge on any atom is 0.223 e. The van der Waals surface area contributed by atoms with Gasteiger partial charge in [-0.15, -0.1) is 0 Å². The quantitative estimate of drug-likeness (QED) is 0.742. The van der Waals surface area contributed by atoms with Crippen LogP contribution in [0, 0.1) is 12.8 Å². The molecule has 0 unspecified atom stereocenters. The molecule has 0 spiro atoms. The van der Waals surface area contributed by atoms with E-state index in [1.165, 1.54) is 5.56 Å². The fourth-order valence-electron chi connectivity index (χ4n) is 4.06. The lowest BCUT2D eigenvalue weighted by Gasteiger charge is -2.41. The van der Waals surface area contributed by atoms with Crippen LogP contribution in [0.2, 0.25) is 0 Å². The molecule has 5 heteroatoms. The number of aryl methyl sites for hydroxylation is 1. The van der Waals surface area contributed by atoms with Crippen LogP contribution in [0.4, 0.5) is 5.69 Å². The Bertz CT molecular complexity index is 951. The Morgan fingerprint density at radius 3 is 2.72 bits per heavy atom. The summed E-state index contributed by atoms with van der Waals surface area (Å²) in [4.78, 5) is 22.0. The van der Waals surface area contributed by atoms with E-state index < -0.39 is 0 Å². The summed E-state index contributed by atoms with van der Waals surface area (Å²) in [5.74, 6) is 3.15. The second-order valence-electron chi connectivity index (χ2n) is 8.48. The third-order valence-electron chi connectivity index (χ3n) is 5.52. The molecule has 0 bridgehead atoms. The van der Waals surface area contributed by atoms with Crippen LogP contribution in [-0.4, -0.2) is 47.2 Å². The maximum atomic E-state index is 12.6. The molecule has 1 fully saturated rings. The van der Waals surface area contributed by atoms with E-state index in [0.717, 1.165) is 48.2 Å². The van der Waals surface area contributed by atoms with Gasteiger partial charge in [0.1, 0.15) is 17.3 Å². The first-order valence-corrected chi connectivity index (χ1v) is 10.4. The molecule has 2 aromatic carbocycles. The van der Waals surface area contributed by atoms with E-state index >= 15 is 0 Å². The maximum absolute atomic E-state index is 12.6. The predicted octanol–water partition coefficient (Wildman–Crippen LogP) is 4.76. The van der Waals surface area contributed by atoms with Crippen molar-refractivity contribution in [3.63, 3.8) is 0 Å². The summed E-state index contributed by atoms with van der Waals surface area (Å²) < 4.78 is 6.20. The monoisotopic (exact) mass is 391 g/mol.